The van der Waals surface area contributed by atoms with Crippen molar-refractivity contribution in [2.45, 2.75) is 0 Å². The van der Waals surface area contributed by atoms with Crippen molar-refractivity contribution in [1.29, 1.82) is 0 Å². The van der Waals surface area contributed by atoms with Crippen molar-refractivity contribution in [2.75, 3.05) is 0 Å². The van der Waals surface area contributed by atoms with Crippen LogP contribution in [0.1, 0.15) is 0 Å². The Bertz CT molecular complexity index is 2450. The molecule has 0 atom stereocenters. The van der Waals surface area contributed by atoms with E-state index in [1.807, 2.05) is 37.2 Å². The summed E-state index contributed by atoms with van der Waals surface area (Å²) in [7, 11) is 0. The zero-order valence-electron chi connectivity index (χ0n) is 24.9. The Hall–Kier alpha value is -6.19. The fraction of sp³-hybridized carbons (Fsp3) is 0. The third kappa shape index (κ3) is 4.41. The largest absolute Gasteiger partial charge is 0.265 e. The fourth-order valence-electron chi connectivity index (χ4n) is 6.92. The second kappa shape index (κ2) is 10.8. The monoisotopic (exact) mass is 585 g/mol. The lowest BCUT2D eigenvalue weighted by Crippen LogP contribution is -1.91. The van der Waals surface area contributed by atoms with Crippen LogP contribution in [-0.2, 0) is 0 Å². The second-order valence-electron chi connectivity index (χ2n) is 11.7. The summed E-state index contributed by atoms with van der Waals surface area (Å²) in [5.41, 5.74) is 11.8. The van der Waals surface area contributed by atoms with E-state index in [4.69, 9.17) is 0 Å². The molecule has 6 aromatic carbocycles. The zero-order chi connectivity index (χ0) is 30.5. The minimum atomic E-state index is 1.14. The van der Waals surface area contributed by atoms with Gasteiger partial charge in [0.25, 0.3) is 0 Å². The average Bonchev–Trinajstić information content (AvgIpc) is 3.14. The molecule has 0 saturated carbocycles. The lowest BCUT2D eigenvalue weighted by atomic mass is 9.86. The van der Waals surface area contributed by atoms with Gasteiger partial charge in [0.05, 0.1) is 0 Å². The van der Waals surface area contributed by atoms with E-state index in [0.717, 1.165) is 22.3 Å². The van der Waals surface area contributed by atoms with Crippen LogP contribution in [0.15, 0.2) is 165 Å². The first-order chi connectivity index (χ1) is 22.8. The lowest BCUT2D eigenvalue weighted by molar-refractivity contribution is 1.33. The van der Waals surface area contributed by atoms with Crippen molar-refractivity contribution in [3.63, 3.8) is 0 Å². The first-order valence-corrected chi connectivity index (χ1v) is 15.5. The molecule has 9 rings (SSSR count). The van der Waals surface area contributed by atoms with Crippen LogP contribution >= 0.6 is 0 Å². The first-order valence-electron chi connectivity index (χ1n) is 15.5. The van der Waals surface area contributed by atoms with Crippen LogP contribution in [-0.4, -0.2) is 15.0 Å². The van der Waals surface area contributed by atoms with Crippen molar-refractivity contribution < 1.29 is 0 Å². The summed E-state index contributed by atoms with van der Waals surface area (Å²) in [6, 6.07) is 46.4. The van der Waals surface area contributed by atoms with Crippen molar-refractivity contribution in [3.8, 4) is 55.6 Å². The summed E-state index contributed by atoms with van der Waals surface area (Å²) in [5.74, 6) is 0. The molecule has 0 aliphatic heterocycles. The van der Waals surface area contributed by atoms with Crippen molar-refractivity contribution in [2.24, 2.45) is 0 Å². The van der Waals surface area contributed by atoms with E-state index in [1.54, 1.807) is 0 Å². The van der Waals surface area contributed by atoms with Gasteiger partial charge in [-0.25, -0.2) is 0 Å². The minimum absolute atomic E-state index is 1.14. The topological polar surface area (TPSA) is 38.7 Å². The van der Waals surface area contributed by atoms with Gasteiger partial charge in [-0.15, -0.1) is 0 Å². The highest BCUT2D eigenvalue weighted by molar-refractivity contribution is 6.27. The molecule has 0 saturated heterocycles. The maximum atomic E-state index is 4.26. The summed E-state index contributed by atoms with van der Waals surface area (Å²) < 4.78 is 0. The van der Waals surface area contributed by atoms with Crippen LogP contribution < -0.4 is 0 Å². The van der Waals surface area contributed by atoms with Gasteiger partial charge in [0.15, 0.2) is 0 Å². The molecule has 3 heterocycles. The van der Waals surface area contributed by atoms with E-state index in [-0.39, 0.29) is 0 Å². The Balaban J connectivity index is 1.27. The van der Waals surface area contributed by atoms with Gasteiger partial charge in [-0.1, -0.05) is 66.7 Å². The van der Waals surface area contributed by atoms with Crippen LogP contribution in [0.5, 0.6) is 0 Å². The molecule has 0 fully saturated rings. The summed E-state index contributed by atoms with van der Waals surface area (Å²) in [5, 5.41) is 7.64. The summed E-state index contributed by atoms with van der Waals surface area (Å²) in [6.07, 6.45) is 11.1. The average molecular weight is 586 g/mol. The smallest absolute Gasteiger partial charge is 0.0273 e. The van der Waals surface area contributed by atoms with E-state index < -0.39 is 0 Å². The van der Waals surface area contributed by atoms with Gasteiger partial charge in [-0.05, 0) is 149 Å². The molecular formula is C43H27N3. The van der Waals surface area contributed by atoms with Gasteiger partial charge in [0.2, 0.25) is 0 Å². The van der Waals surface area contributed by atoms with Crippen molar-refractivity contribution in [3.05, 3.63) is 165 Å². The maximum Gasteiger partial charge on any atom is 0.0273 e. The molecule has 0 amide bonds. The van der Waals surface area contributed by atoms with Crippen LogP contribution in [0.2, 0.25) is 0 Å². The van der Waals surface area contributed by atoms with E-state index in [0.29, 0.717) is 0 Å². The Morgan fingerprint density at radius 1 is 0.283 bits per heavy atom. The molecule has 0 spiro atoms. The quantitative estimate of drug-likeness (QED) is 0.189. The van der Waals surface area contributed by atoms with E-state index in [9.17, 15) is 0 Å². The third-order valence-electron chi connectivity index (χ3n) is 9.12. The fourth-order valence-corrected chi connectivity index (χ4v) is 6.92. The summed E-state index contributed by atoms with van der Waals surface area (Å²) in [4.78, 5) is 12.7. The molecule has 3 heteroatoms. The molecule has 0 unspecified atom stereocenters. The normalized spacial score (nSPS) is 11.5. The SMILES string of the molecule is c1cc(-c2ccncc2)cc(-c2ccc3ccc4c(-c5cc(-c6ccncc6)cc(-c6ccncc6)c5)ccc5ccc2c3c54)c1. The van der Waals surface area contributed by atoms with E-state index in [2.05, 4.69) is 142 Å². The van der Waals surface area contributed by atoms with Gasteiger partial charge >= 0.3 is 0 Å². The highest BCUT2D eigenvalue weighted by atomic mass is 14.6. The molecule has 0 radical (unpaired) electrons. The molecule has 3 nitrogen and oxygen atoms in total. The minimum Gasteiger partial charge on any atom is -0.265 e. The molecule has 0 N–H and O–H groups in total. The molecule has 3 aromatic heterocycles. The molecule has 9 aromatic rings. The zero-order valence-corrected chi connectivity index (χ0v) is 24.9. The second-order valence-corrected chi connectivity index (χ2v) is 11.7. The van der Waals surface area contributed by atoms with Gasteiger partial charge < -0.3 is 0 Å². The lowest BCUT2D eigenvalue weighted by Gasteiger charge is -2.18. The van der Waals surface area contributed by atoms with Gasteiger partial charge in [-0.2, -0.15) is 0 Å². The number of aromatic nitrogens is 3. The number of pyridine rings is 3. The predicted molar refractivity (Wildman–Crippen MR) is 191 cm³/mol. The number of rotatable bonds is 5. The first kappa shape index (κ1) is 26.2. The Morgan fingerprint density at radius 2 is 0.674 bits per heavy atom. The molecule has 46 heavy (non-hydrogen) atoms. The van der Waals surface area contributed by atoms with E-state index >= 15 is 0 Å². The maximum absolute atomic E-state index is 4.26. The van der Waals surface area contributed by atoms with Gasteiger partial charge in [0, 0.05) is 37.2 Å². The van der Waals surface area contributed by atoms with Crippen molar-refractivity contribution >= 4 is 32.3 Å². The summed E-state index contributed by atoms with van der Waals surface area (Å²) >= 11 is 0. The number of benzene rings is 6. The number of nitrogens with zero attached hydrogens (tertiary/aromatic N) is 3. The Labute approximate surface area is 266 Å². The van der Waals surface area contributed by atoms with Crippen molar-refractivity contribution in [1.82, 2.24) is 15.0 Å². The Kier molecular flexibility index (Phi) is 6.14. The third-order valence-corrected chi connectivity index (χ3v) is 9.12. The number of hydrogen-bond donors (Lipinski definition) is 0. The molecule has 0 bridgehead atoms. The van der Waals surface area contributed by atoms with Crippen LogP contribution in [0.25, 0.3) is 88.0 Å². The van der Waals surface area contributed by atoms with Crippen LogP contribution in [0.4, 0.5) is 0 Å². The summed E-state index contributed by atoms with van der Waals surface area (Å²) in [6.45, 7) is 0. The van der Waals surface area contributed by atoms with E-state index in [1.165, 1.54) is 65.7 Å². The molecule has 214 valence electrons. The standard InChI is InChI=1S/C43H27N3/c1-2-33(28-12-18-44-19-13-28)24-34(3-1)38-8-4-31-7-11-41-39(9-5-32-6-10-40(38)42(31)43(32)41)37-26-35(29-14-20-45-21-15-29)25-36(27-37)30-16-22-46-23-17-30/h1-27H. The van der Waals surface area contributed by atoms with Gasteiger partial charge in [0.1, 0.15) is 0 Å². The molecule has 0 aliphatic rings. The Morgan fingerprint density at radius 3 is 1.20 bits per heavy atom. The highest BCUT2D eigenvalue weighted by Crippen LogP contribution is 2.43. The van der Waals surface area contributed by atoms with Crippen LogP contribution in [0.3, 0.4) is 0 Å². The van der Waals surface area contributed by atoms with Gasteiger partial charge in [-0.3, -0.25) is 15.0 Å². The molecular weight excluding hydrogens is 558 g/mol. The molecule has 0 aliphatic carbocycles. The predicted octanol–water partition coefficient (Wildman–Crippen LogP) is 11.1. The van der Waals surface area contributed by atoms with Crippen LogP contribution in [0, 0.1) is 0 Å². The number of hydrogen-bond acceptors (Lipinski definition) is 3. The highest BCUT2D eigenvalue weighted by Gasteiger charge is 2.16.